The Morgan fingerprint density at radius 2 is 1.88 bits per heavy atom. The van der Waals surface area contributed by atoms with Gasteiger partial charge < -0.3 is 0 Å². The van der Waals surface area contributed by atoms with E-state index in [2.05, 4.69) is 22.9 Å². The maximum absolute atomic E-state index is 11.9. The first-order valence-electron chi connectivity index (χ1n) is 5.56. The molecule has 1 saturated carbocycles. The highest BCUT2D eigenvalue weighted by molar-refractivity contribution is 9.10. The minimum absolute atomic E-state index is 0.0441. The van der Waals surface area contributed by atoms with Crippen molar-refractivity contribution in [2.75, 3.05) is 6.61 Å². The van der Waals surface area contributed by atoms with E-state index < -0.39 is 10.1 Å². The summed E-state index contributed by atoms with van der Waals surface area (Å²) in [6.45, 7) is 2.35. The van der Waals surface area contributed by atoms with Crippen LogP contribution in [0.25, 0.3) is 0 Å². The quantitative estimate of drug-likeness (QED) is 0.800. The van der Waals surface area contributed by atoms with Gasteiger partial charge in [0.15, 0.2) is 0 Å². The Balaban J connectivity index is 2.06. The Morgan fingerprint density at radius 1 is 1.29 bits per heavy atom. The molecule has 1 fully saturated rings. The molecule has 94 valence electrons. The highest BCUT2D eigenvalue weighted by atomic mass is 79.9. The van der Waals surface area contributed by atoms with E-state index in [1.165, 1.54) is 0 Å². The van der Waals surface area contributed by atoms with Gasteiger partial charge in [0.2, 0.25) is 0 Å². The van der Waals surface area contributed by atoms with E-state index in [0.29, 0.717) is 0 Å². The molecular formula is C12H15BrO3S. The molecule has 0 amide bonds. The Bertz CT molecular complexity index is 489. The van der Waals surface area contributed by atoms with Gasteiger partial charge in [-0.1, -0.05) is 29.3 Å². The second kappa shape index (κ2) is 4.71. The Morgan fingerprint density at radius 3 is 2.35 bits per heavy atom. The lowest BCUT2D eigenvalue weighted by Gasteiger charge is -2.37. The molecule has 1 aliphatic rings. The van der Waals surface area contributed by atoms with Crippen molar-refractivity contribution < 1.29 is 12.6 Å². The number of benzene rings is 1. The van der Waals surface area contributed by atoms with E-state index in [9.17, 15) is 8.42 Å². The molecule has 1 aliphatic carbocycles. The lowest BCUT2D eigenvalue weighted by atomic mass is 9.71. The molecule has 0 heterocycles. The summed E-state index contributed by atoms with van der Waals surface area (Å²) in [5.41, 5.74) is 0.0441. The molecular weight excluding hydrogens is 304 g/mol. The third-order valence-electron chi connectivity index (χ3n) is 3.23. The van der Waals surface area contributed by atoms with Crippen LogP contribution in [0.5, 0.6) is 0 Å². The van der Waals surface area contributed by atoms with E-state index in [4.69, 9.17) is 4.18 Å². The molecule has 0 N–H and O–H groups in total. The van der Waals surface area contributed by atoms with E-state index in [-0.39, 0.29) is 16.9 Å². The van der Waals surface area contributed by atoms with Crippen LogP contribution >= 0.6 is 15.9 Å². The molecule has 0 saturated heterocycles. The number of hydrogen-bond donors (Lipinski definition) is 0. The van der Waals surface area contributed by atoms with Crippen LogP contribution in [0.1, 0.15) is 26.2 Å². The second-order valence-electron chi connectivity index (χ2n) is 4.83. The zero-order valence-electron chi connectivity index (χ0n) is 9.65. The predicted molar refractivity (Wildman–Crippen MR) is 69.2 cm³/mol. The van der Waals surface area contributed by atoms with Crippen molar-refractivity contribution in [1.82, 2.24) is 0 Å². The standard InChI is InChI=1S/C12H15BrO3S/c1-12(7-2-8-12)9-16-17(14,15)11-5-3-10(13)4-6-11/h3-6H,2,7-9H2,1H3. The SMILES string of the molecule is CC1(COS(=O)(=O)c2ccc(Br)cc2)CCC1. The maximum atomic E-state index is 11.9. The summed E-state index contributed by atoms with van der Waals surface area (Å²) in [6, 6.07) is 6.48. The van der Waals surface area contributed by atoms with Crippen LogP contribution in [0.15, 0.2) is 33.6 Å². The predicted octanol–water partition coefficient (Wildman–Crippen LogP) is 3.34. The third kappa shape index (κ3) is 3.09. The van der Waals surface area contributed by atoms with Crippen molar-refractivity contribution >= 4 is 26.0 Å². The van der Waals surface area contributed by atoms with Gasteiger partial charge in [0.1, 0.15) is 0 Å². The van der Waals surface area contributed by atoms with Gasteiger partial charge in [-0.25, -0.2) is 0 Å². The van der Waals surface area contributed by atoms with Crippen LogP contribution in [-0.4, -0.2) is 15.0 Å². The first-order chi connectivity index (χ1) is 7.91. The first-order valence-corrected chi connectivity index (χ1v) is 7.77. The van der Waals surface area contributed by atoms with Crippen LogP contribution in [0, 0.1) is 5.41 Å². The minimum atomic E-state index is -3.61. The minimum Gasteiger partial charge on any atom is -0.266 e. The maximum Gasteiger partial charge on any atom is 0.296 e. The van der Waals surface area contributed by atoms with Gasteiger partial charge in [-0.15, -0.1) is 0 Å². The molecule has 1 aromatic carbocycles. The third-order valence-corrected chi connectivity index (χ3v) is 5.03. The number of hydrogen-bond acceptors (Lipinski definition) is 3. The molecule has 1 aromatic rings. The summed E-state index contributed by atoms with van der Waals surface area (Å²) in [7, 11) is -3.61. The fourth-order valence-corrected chi connectivity index (χ4v) is 3.12. The van der Waals surface area contributed by atoms with Gasteiger partial charge in [-0.2, -0.15) is 8.42 Å². The van der Waals surface area contributed by atoms with Crippen molar-refractivity contribution in [3.63, 3.8) is 0 Å². The van der Waals surface area contributed by atoms with Gasteiger partial charge in [-0.05, 0) is 42.5 Å². The van der Waals surface area contributed by atoms with Crippen LogP contribution in [-0.2, 0) is 14.3 Å². The molecule has 0 bridgehead atoms. The molecule has 0 atom stereocenters. The lowest BCUT2D eigenvalue weighted by Crippen LogP contribution is -2.32. The van der Waals surface area contributed by atoms with Crippen molar-refractivity contribution in [2.24, 2.45) is 5.41 Å². The highest BCUT2D eigenvalue weighted by Gasteiger charge is 2.34. The van der Waals surface area contributed by atoms with Crippen LogP contribution in [0.3, 0.4) is 0 Å². The molecule has 0 spiro atoms. The zero-order chi connectivity index (χ0) is 12.5. The molecule has 0 aromatic heterocycles. The number of rotatable bonds is 4. The molecule has 17 heavy (non-hydrogen) atoms. The molecule has 5 heteroatoms. The van der Waals surface area contributed by atoms with E-state index in [1.54, 1.807) is 24.3 Å². The average molecular weight is 319 g/mol. The smallest absolute Gasteiger partial charge is 0.266 e. The summed E-state index contributed by atoms with van der Waals surface area (Å²) in [5.74, 6) is 0. The lowest BCUT2D eigenvalue weighted by molar-refractivity contribution is 0.0812. The van der Waals surface area contributed by atoms with Crippen molar-refractivity contribution in [2.45, 2.75) is 31.1 Å². The monoisotopic (exact) mass is 318 g/mol. The van der Waals surface area contributed by atoms with Gasteiger partial charge >= 0.3 is 0 Å². The molecule has 0 radical (unpaired) electrons. The van der Waals surface area contributed by atoms with Gasteiger partial charge in [0.05, 0.1) is 11.5 Å². The van der Waals surface area contributed by atoms with Crippen LogP contribution in [0.2, 0.25) is 0 Å². The van der Waals surface area contributed by atoms with Crippen molar-refractivity contribution in [1.29, 1.82) is 0 Å². The zero-order valence-corrected chi connectivity index (χ0v) is 12.1. The van der Waals surface area contributed by atoms with Crippen LogP contribution < -0.4 is 0 Å². The average Bonchev–Trinajstić information content (AvgIpc) is 2.24. The topological polar surface area (TPSA) is 43.4 Å². The summed E-state index contributed by atoms with van der Waals surface area (Å²) >= 11 is 3.27. The molecule has 2 rings (SSSR count). The molecule has 0 unspecified atom stereocenters. The van der Waals surface area contributed by atoms with Gasteiger partial charge in [-0.3, -0.25) is 4.18 Å². The largest absolute Gasteiger partial charge is 0.296 e. The molecule has 0 aliphatic heterocycles. The Labute approximate surface area is 110 Å². The first kappa shape index (κ1) is 13.1. The fraction of sp³-hybridized carbons (Fsp3) is 0.500. The van der Waals surface area contributed by atoms with Gasteiger partial charge in [0.25, 0.3) is 10.1 Å². The Kier molecular flexibility index (Phi) is 3.61. The van der Waals surface area contributed by atoms with Gasteiger partial charge in [0, 0.05) is 4.47 Å². The van der Waals surface area contributed by atoms with E-state index >= 15 is 0 Å². The molecule has 3 nitrogen and oxygen atoms in total. The fourth-order valence-electron chi connectivity index (χ4n) is 1.81. The second-order valence-corrected chi connectivity index (χ2v) is 7.37. The van der Waals surface area contributed by atoms with E-state index in [0.717, 1.165) is 23.7 Å². The van der Waals surface area contributed by atoms with Crippen molar-refractivity contribution in [3.05, 3.63) is 28.7 Å². The number of halogens is 1. The van der Waals surface area contributed by atoms with E-state index in [1.807, 2.05) is 0 Å². The van der Waals surface area contributed by atoms with Crippen molar-refractivity contribution in [3.8, 4) is 0 Å². The Hall–Kier alpha value is -0.390. The summed E-state index contributed by atoms with van der Waals surface area (Å²) < 4.78 is 29.8. The van der Waals surface area contributed by atoms with Crippen LogP contribution in [0.4, 0.5) is 0 Å². The highest BCUT2D eigenvalue weighted by Crippen LogP contribution is 2.40. The normalized spacial score (nSPS) is 18.7. The summed E-state index contributed by atoms with van der Waals surface area (Å²) in [6.07, 6.45) is 3.25. The summed E-state index contributed by atoms with van der Waals surface area (Å²) in [4.78, 5) is 0.212. The summed E-state index contributed by atoms with van der Waals surface area (Å²) in [5, 5.41) is 0.